The summed E-state index contributed by atoms with van der Waals surface area (Å²) in [6, 6.07) is 7.12. The van der Waals surface area contributed by atoms with E-state index in [1.165, 1.54) is 4.31 Å². The molecule has 0 spiro atoms. The maximum atomic E-state index is 12.5. The number of nitrogens with two attached hydrogens (primary N) is 1. The van der Waals surface area contributed by atoms with E-state index < -0.39 is 10.0 Å². The molecule has 0 bridgehead atoms. The molecule has 1 aliphatic carbocycles. The summed E-state index contributed by atoms with van der Waals surface area (Å²) in [6.45, 7) is 2.56. The van der Waals surface area contributed by atoms with Crippen molar-refractivity contribution in [1.29, 1.82) is 0 Å². The normalized spacial score (nSPS) is 17.7. The van der Waals surface area contributed by atoms with Crippen LogP contribution in [0.5, 0.6) is 0 Å². The number of hydrogen-bond acceptors (Lipinski definition) is 3. The molecule has 0 saturated heterocycles. The van der Waals surface area contributed by atoms with Gasteiger partial charge in [0.15, 0.2) is 0 Å². The predicted octanol–water partition coefficient (Wildman–Crippen LogP) is 1.61. The number of sulfonamides is 1. The summed E-state index contributed by atoms with van der Waals surface area (Å²) in [4.78, 5) is 0.364. The Labute approximate surface area is 115 Å². The van der Waals surface area contributed by atoms with E-state index >= 15 is 0 Å². The fourth-order valence-electron chi connectivity index (χ4n) is 2.26. The minimum absolute atomic E-state index is 0.0775. The molecule has 0 heterocycles. The number of hydrogen-bond donors (Lipinski definition) is 1. The standard InChI is InChI=1S/C14H22N2O2S/c1-11(13-5-6-13)16(2)19(17,18)14-7-3-12(4-8-14)9-10-15/h3-4,7-8,11,13H,5-6,9-10,15H2,1-2H3. The van der Waals surface area contributed by atoms with E-state index in [0.717, 1.165) is 24.8 Å². The maximum absolute atomic E-state index is 12.5. The van der Waals surface area contributed by atoms with Crippen LogP contribution < -0.4 is 5.73 Å². The van der Waals surface area contributed by atoms with Crippen molar-refractivity contribution in [2.75, 3.05) is 13.6 Å². The van der Waals surface area contributed by atoms with Crippen LogP contribution in [0.2, 0.25) is 0 Å². The lowest BCUT2D eigenvalue weighted by atomic mass is 10.2. The van der Waals surface area contributed by atoms with E-state index in [0.29, 0.717) is 17.4 Å². The summed E-state index contributed by atoms with van der Waals surface area (Å²) >= 11 is 0. The molecule has 0 aromatic heterocycles. The van der Waals surface area contributed by atoms with Crippen LogP contribution >= 0.6 is 0 Å². The van der Waals surface area contributed by atoms with E-state index in [1.54, 1.807) is 19.2 Å². The van der Waals surface area contributed by atoms with Gasteiger partial charge in [-0.2, -0.15) is 4.31 Å². The average molecular weight is 282 g/mol. The zero-order chi connectivity index (χ0) is 14.0. The highest BCUT2D eigenvalue weighted by Crippen LogP contribution is 2.36. The SMILES string of the molecule is CC(C1CC1)N(C)S(=O)(=O)c1ccc(CCN)cc1. The van der Waals surface area contributed by atoms with E-state index in [1.807, 2.05) is 19.1 Å². The van der Waals surface area contributed by atoms with Crippen molar-refractivity contribution in [1.82, 2.24) is 4.31 Å². The molecule has 1 fully saturated rings. The van der Waals surface area contributed by atoms with Crippen LogP contribution in [0.4, 0.5) is 0 Å². The van der Waals surface area contributed by atoms with Crippen molar-refractivity contribution in [3.8, 4) is 0 Å². The first-order chi connectivity index (χ1) is 8.96. The molecule has 0 radical (unpaired) electrons. The van der Waals surface area contributed by atoms with Crippen LogP contribution in [-0.2, 0) is 16.4 Å². The van der Waals surface area contributed by atoms with E-state index in [2.05, 4.69) is 0 Å². The van der Waals surface area contributed by atoms with E-state index in [9.17, 15) is 8.42 Å². The summed E-state index contributed by atoms with van der Waals surface area (Å²) in [5, 5.41) is 0. The van der Waals surface area contributed by atoms with Gasteiger partial charge in [-0.05, 0) is 56.3 Å². The van der Waals surface area contributed by atoms with Crippen molar-refractivity contribution >= 4 is 10.0 Å². The Morgan fingerprint density at radius 1 is 1.32 bits per heavy atom. The smallest absolute Gasteiger partial charge is 0.243 e. The molecule has 1 aromatic carbocycles. The van der Waals surface area contributed by atoms with E-state index in [4.69, 9.17) is 5.73 Å². The first-order valence-corrected chi connectivity index (χ1v) is 8.18. The zero-order valence-corrected chi connectivity index (χ0v) is 12.4. The first-order valence-electron chi connectivity index (χ1n) is 6.74. The number of rotatable bonds is 6. The Morgan fingerprint density at radius 3 is 2.37 bits per heavy atom. The molecular formula is C14H22N2O2S. The number of nitrogens with zero attached hydrogens (tertiary/aromatic N) is 1. The maximum Gasteiger partial charge on any atom is 0.243 e. The molecule has 1 saturated carbocycles. The Kier molecular flexibility index (Phi) is 4.28. The highest BCUT2D eigenvalue weighted by Gasteiger charge is 2.35. The van der Waals surface area contributed by atoms with Crippen molar-refractivity contribution in [3.63, 3.8) is 0 Å². The third-order valence-corrected chi connectivity index (χ3v) is 5.87. The molecule has 1 atom stereocenters. The lowest BCUT2D eigenvalue weighted by Crippen LogP contribution is -2.36. The second-order valence-corrected chi connectivity index (χ2v) is 7.28. The van der Waals surface area contributed by atoms with Gasteiger partial charge in [0.25, 0.3) is 0 Å². The molecule has 1 unspecified atom stereocenters. The zero-order valence-electron chi connectivity index (χ0n) is 11.5. The molecule has 4 nitrogen and oxygen atoms in total. The molecule has 1 aromatic rings. The Bertz CT molecular complexity index is 521. The van der Waals surface area contributed by atoms with Gasteiger partial charge in [-0.25, -0.2) is 8.42 Å². The first kappa shape index (κ1) is 14.5. The largest absolute Gasteiger partial charge is 0.330 e. The summed E-state index contributed by atoms with van der Waals surface area (Å²) in [5.41, 5.74) is 6.55. The number of benzene rings is 1. The van der Waals surface area contributed by atoms with Gasteiger partial charge in [0, 0.05) is 13.1 Å². The van der Waals surface area contributed by atoms with Crippen LogP contribution in [0, 0.1) is 5.92 Å². The minimum atomic E-state index is -3.37. The van der Waals surface area contributed by atoms with Gasteiger partial charge < -0.3 is 5.73 Å². The Balaban J connectivity index is 2.18. The highest BCUT2D eigenvalue weighted by molar-refractivity contribution is 7.89. The summed E-state index contributed by atoms with van der Waals surface area (Å²) in [6.07, 6.45) is 3.04. The molecule has 2 N–H and O–H groups in total. The van der Waals surface area contributed by atoms with Gasteiger partial charge in [-0.3, -0.25) is 0 Å². The summed E-state index contributed by atoms with van der Waals surface area (Å²) < 4.78 is 26.5. The molecule has 106 valence electrons. The average Bonchev–Trinajstić information content (AvgIpc) is 3.22. The lowest BCUT2D eigenvalue weighted by Gasteiger charge is -2.24. The molecular weight excluding hydrogens is 260 g/mol. The third kappa shape index (κ3) is 3.16. The van der Waals surface area contributed by atoms with Crippen LogP contribution in [0.25, 0.3) is 0 Å². The van der Waals surface area contributed by atoms with Crippen molar-refractivity contribution in [2.45, 2.75) is 37.1 Å². The highest BCUT2D eigenvalue weighted by atomic mass is 32.2. The molecule has 1 aliphatic rings. The summed E-state index contributed by atoms with van der Waals surface area (Å²) in [5.74, 6) is 0.524. The van der Waals surface area contributed by atoms with Gasteiger partial charge in [0.05, 0.1) is 4.90 Å². The van der Waals surface area contributed by atoms with Gasteiger partial charge in [0.2, 0.25) is 10.0 Å². The van der Waals surface area contributed by atoms with Gasteiger partial charge in [0.1, 0.15) is 0 Å². The van der Waals surface area contributed by atoms with Crippen molar-refractivity contribution < 1.29 is 8.42 Å². The Morgan fingerprint density at radius 2 is 1.89 bits per heavy atom. The fraction of sp³-hybridized carbons (Fsp3) is 0.571. The van der Waals surface area contributed by atoms with Crippen molar-refractivity contribution in [3.05, 3.63) is 29.8 Å². The van der Waals surface area contributed by atoms with E-state index in [-0.39, 0.29) is 6.04 Å². The quantitative estimate of drug-likeness (QED) is 0.862. The van der Waals surface area contributed by atoms with Crippen LogP contribution in [0.1, 0.15) is 25.3 Å². The Hall–Kier alpha value is -0.910. The van der Waals surface area contributed by atoms with Gasteiger partial charge in [-0.1, -0.05) is 12.1 Å². The molecule has 0 aliphatic heterocycles. The second-order valence-electron chi connectivity index (χ2n) is 5.28. The summed E-state index contributed by atoms with van der Waals surface area (Å²) in [7, 11) is -1.70. The van der Waals surface area contributed by atoms with Crippen LogP contribution in [0.15, 0.2) is 29.2 Å². The molecule has 0 amide bonds. The fourth-order valence-corrected chi connectivity index (χ4v) is 3.68. The predicted molar refractivity (Wildman–Crippen MR) is 76.3 cm³/mol. The monoisotopic (exact) mass is 282 g/mol. The van der Waals surface area contributed by atoms with Crippen LogP contribution in [0.3, 0.4) is 0 Å². The van der Waals surface area contributed by atoms with Crippen LogP contribution in [-0.4, -0.2) is 32.4 Å². The molecule has 2 rings (SSSR count). The lowest BCUT2D eigenvalue weighted by molar-refractivity contribution is 0.357. The second kappa shape index (κ2) is 5.61. The van der Waals surface area contributed by atoms with Gasteiger partial charge >= 0.3 is 0 Å². The molecule has 19 heavy (non-hydrogen) atoms. The minimum Gasteiger partial charge on any atom is -0.330 e. The topological polar surface area (TPSA) is 63.4 Å². The van der Waals surface area contributed by atoms with Gasteiger partial charge in [-0.15, -0.1) is 0 Å². The van der Waals surface area contributed by atoms with Crippen molar-refractivity contribution in [2.24, 2.45) is 11.7 Å². The molecule has 5 heteroatoms. The third-order valence-electron chi connectivity index (χ3n) is 3.91.